The number of amides is 1. The van der Waals surface area contributed by atoms with Crippen molar-refractivity contribution in [1.29, 1.82) is 0 Å². The summed E-state index contributed by atoms with van der Waals surface area (Å²) in [6.07, 6.45) is 3.02. The molecule has 7 nitrogen and oxygen atoms in total. The van der Waals surface area contributed by atoms with Crippen LogP contribution in [0, 0.1) is 0 Å². The van der Waals surface area contributed by atoms with E-state index in [1.807, 2.05) is 0 Å². The third-order valence-corrected chi connectivity index (χ3v) is 3.65. The average molecular weight is 332 g/mol. The van der Waals surface area contributed by atoms with E-state index >= 15 is 0 Å². The van der Waals surface area contributed by atoms with Crippen LogP contribution in [0.1, 0.15) is 23.2 Å². The van der Waals surface area contributed by atoms with Crippen LogP contribution in [0.15, 0.2) is 36.0 Å². The van der Waals surface area contributed by atoms with E-state index in [4.69, 9.17) is 0 Å². The zero-order valence-electron chi connectivity index (χ0n) is 13.7. The molecule has 1 aromatic rings. The van der Waals surface area contributed by atoms with Gasteiger partial charge in [-0.3, -0.25) is 4.79 Å². The number of ether oxygens (including phenoxy) is 2. The lowest BCUT2D eigenvalue weighted by Crippen LogP contribution is -2.27. The van der Waals surface area contributed by atoms with Gasteiger partial charge in [0.1, 0.15) is 5.70 Å². The zero-order valence-corrected chi connectivity index (χ0v) is 13.7. The minimum Gasteiger partial charge on any atom is -0.466 e. The second-order valence-corrected chi connectivity index (χ2v) is 5.28. The first-order chi connectivity index (χ1) is 11.5. The summed E-state index contributed by atoms with van der Waals surface area (Å²) in [7, 11) is 2.42. The number of methoxy groups -OCH3 is 2. The molecule has 0 unspecified atom stereocenters. The van der Waals surface area contributed by atoms with Gasteiger partial charge in [0, 0.05) is 24.3 Å². The van der Waals surface area contributed by atoms with Crippen molar-refractivity contribution in [2.24, 2.45) is 0 Å². The number of esters is 2. The van der Waals surface area contributed by atoms with Gasteiger partial charge in [-0.15, -0.1) is 0 Å². The summed E-state index contributed by atoms with van der Waals surface area (Å²) in [6, 6.07) is 6.75. The van der Waals surface area contributed by atoms with Gasteiger partial charge in [-0.1, -0.05) is 6.07 Å². The molecule has 0 radical (unpaired) electrons. The van der Waals surface area contributed by atoms with Gasteiger partial charge in [-0.25, -0.2) is 9.59 Å². The normalized spacial score (nSPS) is 14.2. The van der Waals surface area contributed by atoms with E-state index in [0.717, 1.165) is 32.0 Å². The minimum absolute atomic E-state index is 0.0484. The molecule has 128 valence electrons. The Bertz CT molecular complexity index is 663. The molecular weight excluding hydrogens is 312 g/mol. The fraction of sp³-hybridized carbons (Fsp3) is 0.353. The third-order valence-electron chi connectivity index (χ3n) is 3.65. The van der Waals surface area contributed by atoms with Crippen LogP contribution in [-0.4, -0.2) is 50.1 Å². The fourth-order valence-corrected chi connectivity index (χ4v) is 2.42. The number of carbonyl (C=O) groups excluding carboxylic acids is 3. The molecule has 1 N–H and O–H groups in total. The lowest BCUT2D eigenvalue weighted by Gasteiger charge is -2.16. The Hall–Kier alpha value is -2.83. The van der Waals surface area contributed by atoms with Crippen LogP contribution in [0.5, 0.6) is 0 Å². The maximum absolute atomic E-state index is 12.4. The van der Waals surface area contributed by atoms with Crippen LogP contribution in [-0.2, 0) is 19.1 Å². The summed E-state index contributed by atoms with van der Waals surface area (Å²) >= 11 is 0. The fourth-order valence-electron chi connectivity index (χ4n) is 2.42. The maximum Gasteiger partial charge on any atom is 0.354 e. The molecule has 2 rings (SSSR count). The first kappa shape index (κ1) is 17.5. The van der Waals surface area contributed by atoms with Crippen molar-refractivity contribution >= 4 is 23.5 Å². The molecule has 1 aliphatic heterocycles. The van der Waals surface area contributed by atoms with E-state index in [9.17, 15) is 14.4 Å². The van der Waals surface area contributed by atoms with Crippen LogP contribution in [0.25, 0.3) is 0 Å². The average Bonchev–Trinajstić information content (AvgIpc) is 3.14. The molecule has 1 aliphatic rings. The standard InChI is InChI=1S/C17H20N2O5/c1-23-15(20)11-14(17(22)24-2)18-13-7-5-6-12(10-13)16(21)19-8-3-4-9-19/h5-7,10-11,18H,3-4,8-9H2,1-2H3/b14-11+. The predicted octanol–water partition coefficient (Wildman–Crippen LogP) is 1.56. The molecule has 7 heteroatoms. The molecule has 0 bridgehead atoms. The van der Waals surface area contributed by atoms with Gasteiger partial charge >= 0.3 is 11.9 Å². The van der Waals surface area contributed by atoms with E-state index in [-0.39, 0.29) is 11.6 Å². The van der Waals surface area contributed by atoms with Gasteiger partial charge in [-0.05, 0) is 31.0 Å². The predicted molar refractivity (Wildman–Crippen MR) is 87.3 cm³/mol. The van der Waals surface area contributed by atoms with Crippen molar-refractivity contribution in [2.75, 3.05) is 32.6 Å². The number of benzene rings is 1. The summed E-state index contributed by atoms with van der Waals surface area (Å²) in [5.74, 6) is -1.45. The summed E-state index contributed by atoms with van der Waals surface area (Å²) in [4.78, 5) is 37.3. The topological polar surface area (TPSA) is 84.9 Å². The Morgan fingerprint density at radius 3 is 2.46 bits per heavy atom. The highest BCUT2D eigenvalue weighted by molar-refractivity contribution is 5.99. The summed E-state index contributed by atoms with van der Waals surface area (Å²) in [5, 5.41) is 2.80. The van der Waals surface area contributed by atoms with E-state index in [1.54, 1.807) is 29.2 Å². The largest absolute Gasteiger partial charge is 0.466 e. The molecule has 1 aromatic carbocycles. The van der Waals surface area contributed by atoms with Crippen LogP contribution in [0.3, 0.4) is 0 Å². The monoisotopic (exact) mass is 332 g/mol. The molecule has 1 heterocycles. The molecule has 0 spiro atoms. The number of nitrogens with zero attached hydrogens (tertiary/aromatic N) is 1. The number of anilines is 1. The van der Waals surface area contributed by atoms with E-state index in [1.165, 1.54) is 14.2 Å². The number of hydrogen-bond donors (Lipinski definition) is 1. The smallest absolute Gasteiger partial charge is 0.354 e. The van der Waals surface area contributed by atoms with E-state index in [2.05, 4.69) is 14.8 Å². The van der Waals surface area contributed by atoms with Crippen LogP contribution in [0.4, 0.5) is 5.69 Å². The third kappa shape index (κ3) is 4.34. The highest BCUT2D eigenvalue weighted by Gasteiger charge is 2.20. The number of carbonyl (C=O) groups is 3. The lowest BCUT2D eigenvalue weighted by molar-refractivity contribution is -0.138. The molecule has 24 heavy (non-hydrogen) atoms. The van der Waals surface area contributed by atoms with Gasteiger partial charge in [0.05, 0.1) is 20.3 Å². The maximum atomic E-state index is 12.4. The second kappa shape index (κ2) is 8.14. The zero-order chi connectivity index (χ0) is 17.5. The van der Waals surface area contributed by atoms with Crippen molar-refractivity contribution < 1.29 is 23.9 Å². The van der Waals surface area contributed by atoms with E-state index in [0.29, 0.717) is 11.3 Å². The van der Waals surface area contributed by atoms with Crippen LogP contribution >= 0.6 is 0 Å². The number of hydrogen-bond acceptors (Lipinski definition) is 6. The first-order valence-corrected chi connectivity index (χ1v) is 7.59. The van der Waals surface area contributed by atoms with Crippen molar-refractivity contribution in [3.63, 3.8) is 0 Å². The molecule has 0 aliphatic carbocycles. The molecule has 1 fully saturated rings. The lowest BCUT2D eigenvalue weighted by atomic mass is 10.1. The number of nitrogens with one attached hydrogen (secondary N) is 1. The molecular formula is C17H20N2O5. The summed E-state index contributed by atoms with van der Waals surface area (Å²) in [5.41, 5.74) is 0.944. The number of likely N-dealkylation sites (tertiary alicyclic amines) is 1. The highest BCUT2D eigenvalue weighted by atomic mass is 16.5. The summed E-state index contributed by atoms with van der Waals surface area (Å²) in [6.45, 7) is 1.51. The second-order valence-electron chi connectivity index (χ2n) is 5.28. The van der Waals surface area contributed by atoms with Gasteiger partial charge in [0.25, 0.3) is 5.91 Å². The van der Waals surface area contributed by atoms with Gasteiger partial charge in [0.15, 0.2) is 0 Å². The van der Waals surface area contributed by atoms with Gasteiger partial charge in [-0.2, -0.15) is 0 Å². The Balaban J connectivity index is 2.20. The molecule has 0 atom stereocenters. The minimum atomic E-state index is -0.711. The Morgan fingerprint density at radius 1 is 1.12 bits per heavy atom. The van der Waals surface area contributed by atoms with Crippen molar-refractivity contribution in [3.05, 3.63) is 41.6 Å². The van der Waals surface area contributed by atoms with Crippen LogP contribution in [0.2, 0.25) is 0 Å². The van der Waals surface area contributed by atoms with Crippen molar-refractivity contribution in [2.45, 2.75) is 12.8 Å². The Labute approximate surface area is 140 Å². The summed E-state index contributed by atoms with van der Waals surface area (Å²) < 4.78 is 9.15. The molecule has 0 saturated carbocycles. The number of rotatable bonds is 5. The van der Waals surface area contributed by atoms with Gasteiger partial charge < -0.3 is 19.7 Å². The SMILES string of the molecule is COC(=O)/C=C(/Nc1cccc(C(=O)N2CCCC2)c1)C(=O)OC. The Morgan fingerprint density at radius 2 is 1.83 bits per heavy atom. The first-order valence-electron chi connectivity index (χ1n) is 7.59. The highest BCUT2D eigenvalue weighted by Crippen LogP contribution is 2.18. The van der Waals surface area contributed by atoms with Crippen LogP contribution < -0.4 is 5.32 Å². The van der Waals surface area contributed by atoms with E-state index < -0.39 is 11.9 Å². The molecule has 1 amide bonds. The quantitative estimate of drug-likeness (QED) is 0.651. The van der Waals surface area contributed by atoms with Crippen molar-refractivity contribution in [3.8, 4) is 0 Å². The Kier molecular flexibility index (Phi) is 5.95. The molecule has 1 saturated heterocycles. The van der Waals surface area contributed by atoms with Crippen molar-refractivity contribution in [1.82, 2.24) is 4.90 Å². The van der Waals surface area contributed by atoms with Gasteiger partial charge in [0.2, 0.25) is 0 Å². The molecule has 0 aromatic heterocycles.